The van der Waals surface area contributed by atoms with Crippen molar-refractivity contribution in [3.63, 3.8) is 0 Å². The van der Waals surface area contributed by atoms with E-state index < -0.39 is 23.3 Å². The van der Waals surface area contributed by atoms with Gasteiger partial charge in [-0.25, -0.2) is 0 Å². The molecular weight excluding hydrogens is 332 g/mol. The Morgan fingerprint density at radius 2 is 2.00 bits per heavy atom. The molecule has 1 aromatic carbocycles. The molecule has 2 aliphatic heterocycles. The van der Waals surface area contributed by atoms with Gasteiger partial charge in [0.15, 0.2) is 11.5 Å². The third-order valence-electron chi connectivity index (χ3n) is 4.04. The lowest BCUT2D eigenvalue weighted by Gasteiger charge is -2.27. The molecule has 0 spiro atoms. The summed E-state index contributed by atoms with van der Waals surface area (Å²) in [5.41, 5.74) is -0.589. The van der Waals surface area contributed by atoms with Crippen LogP contribution < -0.4 is 20.1 Å². The smallest absolute Gasteiger partial charge is 0.305 e. The van der Waals surface area contributed by atoms with Crippen LogP contribution in [-0.4, -0.2) is 55.0 Å². The third kappa shape index (κ3) is 4.00. The van der Waals surface area contributed by atoms with Crippen molar-refractivity contribution in [3.05, 3.63) is 23.8 Å². The van der Waals surface area contributed by atoms with Crippen LogP contribution in [0.25, 0.3) is 0 Å². The fourth-order valence-corrected chi connectivity index (χ4v) is 2.82. The fraction of sp³-hybridized carbons (Fsp3) is 0.438. The number of nitrogens with one attached hydrogen (secondary N) is 2. The van der Waals surface area contributed by atoms with Crippen molar-refractivity contribution >= 4 is 17.8 Å². The Hall–Kier alpha value is -2.81. The molecule has 9 heteroatoms. The van der Waals surface area contributed by atoms with Gasteiger partial charge < -0.3 is 30.0 Å². The average Bonchev–Trinajstić information content (AvgIpc) is 3.20. The standard InChI is InChI=1S/C16H18N2O7/c19-13(18-16(6-14(20)21)3-4-23-8-16)7-17-15(22)10-1-2-11-12(5-10)25-9-24-11/h1-2,5H,3-4,6-9H2,(H,17,22)(H,18,19)(H,20,21). The molecule has 9 nitrogen and oxygen atoms in total. The minimum Gasteiger partial charge on any atom is -0.481 e. The summed E-state index contributed by atoms with van der Waals surface area (Å²) >= 11 is 0. The minimum atomic E-state index is -1.02. The van der Waals surface area contributed by atoms with Gasteiger partial charge in [0.25, 0.3) is 5.91 Å². The highest BCUT2D eigenvalue weighted by atomic mass is 16.7. The van der Waals surface area contributed by atoms with E-state index in [0.717, 1.165) is 0 Å². The number of carboxylic acids is 1. The molecule has 1 saturated heterocycles. The monoisotopic (exact) mass is 350 g/mol. The first-order valence-electron chi connectivity index (χ1n) is 7.76. The highest BCUT2D eigenvalue weighted by Crippen LogP contribution is 2.32. The third-order valence-corrected chi connectivity index (χ3v) is 4.04. The Balaban J connectivity index is 1.54. The van der Waals surface area contributed by atoms with Gasteiger partial charge in [-0.3, -0.25) is 14.4 Å². The summed E-state index contributed by atoms with van der Waals surface area (Å²) in [5, 5.41) is 14.2. The first kappa shape index (κ1) is 17.0. The largest absolute Gasteiger partial charge is 0.481 e. The van der Waals surface area contributed by atoms with E-state index in [1.54, 1.807) is 12.1 Å². The predicted octanol–water partition coefficient (Wildman–Crippen LogP) is -0.105. The first-order chi connectivity index (χ1) is 12.0. The highest BCUT2D eigenvalue weighted by molar-refractivity contribution is 5.97. The lowest BCUT2D eigenvalue weighted by atomic mass is 9.94. The van der Waals surface area contributed by atoms with Gasteiger partial charge in [-0.05, 0) is 24.6 Å². The second-order valence-corrected chi connectivity index (χ2v) is 5.95. The SMILES string of the molecule is O=C(O)CC1(NC(=O)CNC(=O)c2ccc3c(c2)OCO3)CCOC1. The predicted molar refractivity (Wildman–Crippen MR) is 83.5 cm³/mol. The zero-order valence-corrected chi connectivity index (χ0v) is 13.4. The van der Waals surface area contributed by atoms with Gasteiger partial charge in [0.2, 0.25) is 12.7 Å². The molecule has 1 aromatic rings. The molecule has 1 fully saturated rings. The second-order valence-electron chi connectivity index (χ2n) is 5.95. The Kier molecular flexibility index (Phi) is 4.75. The minimum absolute atomic E-state index is 0.108. The number of carbonyl (C=O) groups is 3. The molecule has 3 N–H and O–H groups in total. The van der Waals surface area contributed by atoms with Crippen LogP contribution in [0.4, 0.5) is 0 Å². The van der Waals surface area contributed by atoms with E-state index in [4.69, 9.17) is 19.3 Å². The summed E-state index contributed by atoms with van der Waals surface area (Å²) < 4.78 is 15.6. The van der Waals surface area contributed by atoms with Crippen molar-refractivity contribution in [1.29, 1.82) is 0 Å². The van der Waals surface area contributed by atoms with Crippen LogP contribution in [0.3, 0.4) is 0 Å². The Morgan fingerprint density at radius 1 is 1.20 bits per heavy atom. The highest BCUT2D eigenvalue weighted by Gasteiger charge is 2.38. The number of hydrogen-bond donors (Lipinski definition) is 3. The number of benzene rings is 1. The van der Waals surface area contributed by atoms with E-state index in [1.165, 1.54) is 6.07 Å². The molecule has 1 unspecified atom stereocenters. The Bertz CT molecular complexity index is 698. The summed E-state index contributed by atoms with van der Waals surface area (Å²) in [6, 6.07) is 4.72. The van der Waals surface area contributed by atoms with Crippen molar-refractivity contribution in [2.24, 2.45) is 0 Å². The topological polar surface area (TPSA) is 123 Å². The number of fused-ring (bicyclic) bond motifs is 1. The van der Waals surface area contributed by atoms with Crippen LogP contribution in [0.15, 0.2) is 18.2 Å². The Labute approximate surface area is 143 Å². The van der Waals surface area contributed by atoms with Crippen LogP contribution in [0.1, 0.15) is 23.2 Å². The van der Waals surface area contributed by atoms with E-state index in [0.29, 0.717) is 30.1 Å². The van der Waals surface area contributed by atoms with Crippen molar-refractivity contribution in [2.45, 2.75) is 18.4 Å². The number of hydrogen-bond acceptors (Lipinski definition) is 6. The van der Waals surface area contributed by atoms with Crippen LogP contribution in [-0.2, 0) is 14.3 Å². The summed E-state index contributed by atoms with van der Waals surface area (Å²) in [4.78, 5) is 35.2. The second kappa shape index (κ2) is 6.98. The molecule has 0 bridgehead atoms. The van der Waals surface area contributed by atoms with Crippen molar-refractivity contribution in [1.82, 2.24) is 10.6 Å². The normalized spacial score (nSPS) is 21.0. The van der Waals surface area contributed by atoms with E-state index in [9.17, 15) is 14.4 Å². The quantitative estimate of drug-likeness (QED) is 0.654. The maximum atomic E-state index is 12.1. The van der Waals surface area contributed by atoms with Crippen LogP contribution in [0.5, 0.6) is 11.5 Å². The summed E-state index contributed by atoms with van der Waals surface area (Å²) in [6.07, 6.45) is 0.190. The van der Waals surface area contributed by atoms with E-state index in [-0.39, 0.29) is 26.4 Å². The number of ether oxygens (including phenoxy) is 3. The van der Waals surface area contributed by atoms with Crippen molar-refractivity contribution in [2.75, 3.05) is 26.6 Å². The number of amides is 2. The summed E-state index contributed by atoms with van der Waals surface area (Å²) in [5.74, 6) is -0.897. The number of rotatable bonds is 6. The molecule has 1 atom stereocenters. The summed E-state index contributed by atoms with van der Waals surface area (Å²) in [6.45, 7) is 0.365. The van der Waals surface area contributed by atoms with E-state index in [1.807, 2.05) is 0 Å². The molecule has 3 rings (SSSR count). The number of aliphatic carboxylic acids is 1. The van der Waals surface area contributed by atoms with Gasteiger partial charge >= 0.3 is 5.97 Å². The molecule has 0 aromatic heterocycles. The lowest BCUT2D eigenvalue weighted by Crippen LogP contribution is -2.53. The van der Waals surface area contributed by atoms with E-state index in [2.05, 4.69) is 10.6 Å². The maximum Gasteiger partial charge on any atom is 0.305 e. The average molecular weight is 350 g/mol. The molecule has 0 radical (unpaired) electrons. The molecular formula is C16H18N2O7. The molecule has 2 amide bonds. The van der Waals surface area contributed by atoms with Crippen molar-refractivity contribution < 1.29 is 33.7 Å². The first-order valence-corrected chi connectivity index (χ1v) is 7.76. The maximum absolute atomic E-state index is 12.1. The zero-order chi connectivity index (χ0) is 17.9. The summed E-state index contributed by atoms with van der Waals surface area (Å²) in [7, 11) is 0. The molecule has 2 heterocycles. The van der Waals surface area contributed by atoms with Gasteiger partial charge in [0.1, 0.15) is 0 Å². The van der Waals surface area contributed by atoms with Crippen LogP contribution in [0, 0.1) is 0 Å². The molecule has 0 saturated carbocycles. The van der Waals surface area contributed by atoms with Gasteiger partial charge in [0, 0.05) is 12.2 Å². The van der Waals surface area contributed by atoms with Gasteiger partial charge in [-0.2, -0.15) is 0 Å². The molecule has 2 aliphatic rings. The number of carboxylic acid groups (broad SMARTS) is 1. The van der Waals surface area contributed by atoms with Crippen LogP contribution >= 0.6 is 0 Å². The molecule has 0 aliphatic carbocycles. The van der Waals surface area contributed by atoms with Crippen LogP contribution in [0.2, 0.25) is 0 Å². The lowest BCUT2D eigenvalue weighted by molar-refractivity contribution is -0.139. The zero-order valence-electron chi connectivity index (χ0n) is 13.4. The van der Waals surface area contributed by atoms with Gasteiger partial charge in [-0.15, -0.1) is 0 Å². The Morgan fingerprint density at radius 3 is 2.72 bits per heavy atom. The van der Waals surface area contributed by atoms with Gasteiger partial charge in [-0.1, -0.05) is 0 Å². The fourth-order valence-electron chi connectivity index (χ4n) is 2.82. The van der Waals surface area contributed by atoms with Gasteiger partial charge in [0.05, 0.1) is 25.1 Å². The van der Waals surface area contributed by atoms with E-state index >= 15 is 0 Å². The molecule has 25 heavy (non-hydrogen) atoms. The molecule has 134 valence electrons. The number of carbonyl (C=O) groups excluding carboxylic acids is 2. The van der Waals surface area contributed by atoms with Crippen molar-refractivity contribution in [3.8, 4) is 11.5 Å².